The second-order valence-corrected chi connectivity index (χ2v) is 3.35. The first-order chi connectivity index (χ1) is 5.33. The molecule has 0 aromatic rings. The van der Waals surface area contributed by atoms with E-state index < -0.39 is 6.10 Å². The van der Waals surface area contributed by atoms with Crippen molar-refractivity contribution in [3.63, 3.8) is 0 Å². The fraction of sp³-hybridized carbons (Fsp3) is 1.00. The van der Waals surface area contributed by atoms with Crippen LogP contribution in [-0.4, -0.2) is 42.6 Å². The summed E-state index contributed by atoms with van der Waals surface area (Å²) in [5, 5.41) is 17.7. The van der Waals surface area contributed by atoms with Crippen molar-refractivity contribution in [1.82, 2.24) is 0 Å². The maximum atomic E-state index is 9.14. The van der Waals surface area contributed by atoms with Gasteiger partial charge in [-0.25, -0.2) is 0 Å². The first-order valence-corrected chi connectivity index (χ1v) is 4.45. The van der Waals surface area contributed by atoms with E-state index in [0.717, 1.165) is 19.6 Å². The first-order valence-electron chi connectivity index (χ1n) is 4.45. The number of nitrogens with one attached hydrogen (secondary N) is 1. The van der Waals surface area contributed by atoms with E-state index in [4.69, 9.17) is 10.2 Å². The lowest BCUT2D eigenvalue weighted by atomic mass is 10.1. The molecule has 1 rings (SSSR count). The number of piperidine rings is 1. The quantitative estimate of drug-likeness (QED) is 0.466. The first kappa shape index (κ1) is 8.97. The summed E-state index contributed by atoms with van der Waals surface area (Å²) in [6, 6.07) is 0. The van der Waals surface area contributed by atoms with Crippen molar-refractivity contribution in [2.24, 2.45) is 0 Å². The molecule has 3 nitrogen and oxygen atoms in total. The molecule has 1 fully saturated rings. The molecule has 1 aliphatic heterocycles. The molecule has 0 amide bonds. The molecule has 1 heterocycles. The highest BCUT2D eigenvalue weighted by molar-refractivity contribution is 4.51. The van der Waals surface area contributed by atoms with Crippen molar-refractivity contribution >= 4 is 0 Å². The predicted molar refractivity (Wildman–Crippen MR) is 42.5 cm³/mol. The molecule has 1 atom stereocenters. The molecule has 0 saturated carbocycles. The standard InChI is InChI=1S/C8H17NO2/c10-7-8(11)6-9-4-2-1-3-5-9/h8,10-11H,1-7H2/p+1/t8-/m0/s1. The number of quaternary nitrogens is 1. The second kappa shape index (κ2) is 4.70. The van der Waals surface area contributed by atoms with E-state index in [1.165, 1.54) is 24.2 Å². The minimum absolute atomic E-state index is 0.0938. The smallest absolute Gasteiger partial charge is 0.126 e. The molecule has 3 heteroatoms. The molecule has 1 saturated heterocycles. The van der Waals surface area contributed by atoms with Crippen molar-refractivity contribution in [3.8, 4) is 0 Å². The third-order valence-corrected chi connectivity index (χ3v) is 2.30. The van der Waals surface area contributed by atoms with Gasteiger partial charge in [-0.1, -0.05) is 0 Å². The summed E-state index contributed by atoms with van der Waals surface area (Å²) in [7, 11) is 0. The molecule has 0 radical (unpaired) electrons. The van der Waals surface area contributed by atoms with Crippen molar-refractivity contribution < 1.29 is 15.1 Å². The van der Waals surface area contributed by atoms with Gasteiger partial charge in [0.25, 0.3) is 0 Å². The Bertz CT molecular complexity index is 102. The normalized spacial score (nSPS) is 23.5. The summed E-state index contributed by atoms with van der Waals surface area (Å²) < 4.78 is 0. The van der Waals surface area contributed by atoms with Gasteiger partial charge in [-0.3, -0.25) is 0 Å². The lowest BCUT2D eigenvalue weighted by Gasteiger charge is -2.24. The SMILES string of the molecule is OC[C@@H](O)C[NH+]1CCCCC1. The fourth-order valence-corrected chi connectivity index (χ4v) is 1.65. The number of likely N-dealkylation sites (tertiary alicyclic amines) is 1. The third-order valence-electron chi connectivity index (χ3n) is 2.30. The van der Waals surface area contributed by atoms with Gasteiger partial charge < -0.3 is 15.1 Å². The maximum Gasteiger partial charge on any atom is 0.126 e. The van der Waals surface area contributed by atoms with Crippen LogP contribution in [0, 0.1) is 0 Å². The summed E-state index contributed by atoms with van der Waals surface area (Å²) in [4.78, 5) is 1.44. The van der Waals surface area contributed by atoms with E-state index in [1.807, 2.05) is 0 Å². The van der Waals surface area contributed by atoms with Crippen LogP contribution in [0.3, 0.4) is 0 Å². The van der Waals surface area contributed by atoms with Crippen LogP contribution in [-0.2, 0) is 0 Å². The van der Waals surface area contributed by atoms with Crippen LogP contribution >= 0.6 is 0 Å². The van der Waals surface area contributed by atoms with Gasteiger partial charge in [-0.05, 0) is 19.3 Å². The monoisotopic (exact) mass is 160 g/mol. The van der Waals surface area contributed by atoms with E-state index in [2.05, 4.69) is 0 Å². The predicted octanol–water partition coefficient (Wildman–Crippen LogP) is -1.59. The minimum Gasteiger partial charge on any atom is -0.393 e. The summed E-state index contributed by atoms with van der Waals surface area (Å²) in [6.45, 7) is 2.95. The molecule has 1 aliphatic rings. The highest BCUT2D eigenvalue weighted by Crippen LogP contribution is 1.94. The Balaban J connectivity index is 2.13. The summed E-state index contributed by atoms with van der Waals surface area (Å²) >= 11 is 0. The molecule has 11 heavy (non-hydrogen) atoms. The van der Waals surface area contributed by atoms with Crippen LogP contribution in [0.4, 0.5) is 0 Å². The van der Waals surface area contributed by atoms with Crippen molar-refractivity contribution in [2.75, 3.05) is 26.2 Å². The Kier molecular flexibility index (Phi) is 3.83. The minimum atomic E-state index is -0.511. The van der Waals surface area contributed by atoms with Crippen molar-refractivity contribution in [1.29, 1.82) is 0 Å². The van der Waals surface area contributed by atoms with Gasteiger partial charge in [0.2, 0.25) is 0 Å². The molecule has 0 bridgehead atoms. The summed E-state index contributed by atoms with van der Waals surface area (Å²) in [5.74, 6) is 0. The number of rotatable bonds is 3. The van der Waals surface area contributed by atoms with Gasteiger partial charge in [0.05, 0.1) is 19.7 Å². The fourth-order valence-electron chi connectivity index (χ4n) is 1.65. The largest absolute Gasteiger partial charge is 0.393 e. The lowest BCUT2D eigenvalue weighted by molar-refractivity contribution is -0.908. The van der Waals surface area contributed by atoms with Crippen LogP contribution in [0.1, 0.15) is 19.3 Å². The van der Waals surface area contributed by atoms with Crippen LogP contribution in [0.15, 0.2) is 0 Å². The molecule has 0 aromatic heterocycles. The molecule has 0 spiro atoms. The van der Waals surface area contributed by atoms with E-state index >= 15 is 0 Å². The van der Waals surface area contributed by atoms with E-state index in [9.17, 15) is 0 Å². The molecule has 66 valence electrons. The van der Waals surface area contributed by atoms with Gasteiger partial charge in [0.15, 0.2) is 0 Å². The molecule has 0 aliphatic carbocycles. The zero-order valence-corrected chi connectivity index (χ0v) is 6.92. The van der Waals surface area contributed by atoms with E-state index in [-0.39, 0.29) is 6.61 Å². The van der Waals surface area contributed by atoms with Crippen LogP contribution < -0.4 is 4.90 Å². The van der Waals surface area contributed by atoms with Gasteiger partial charge in [-0.15, -0.1) is 0 Å². The van der Waals surface area contributed by atoms with Crippen molar-refractivity contribution in [2.45, 2.75) is 25.4 Å². The van der Waals surface area contributed by atoms with Crippen molar-refractivity contribution in [3.05, 3.63) is 0 Å². The average Bonchev–Trinajstić information content (AvgIpc) is 2.06. The topological polar surface area (TPSA) is 44.9 Å². The van der Waals surface area contributed by atoms with Gasteiger partial charge in [0, 0.05) is 0 Å². The Morgan fingerprint density at radius 1 is 1.18 bits per heavy atom. The second-order valence-electron chi connectivity index (χ2n) is 3.35. The summed E-state index contributed by atoms with van der Waals surface area (Å²) in [5.41, 5.74) is 0. The van der Waals surface area contributed by atoms with Crippen LogP contribution in [0.2, 0.25) is 0 Å². The third kappa shape index (κ3) is 3.18. The summed E-state index contributed by atoms with van der Waals surface area (Å²) in [6.07, 6.45) is 3.36. The van der Waals surface area contributed by atoms with Crippen LogP contribution in [0.5, 0.6) is 0 Å². The Labute approximate surface area is 67.6 Å². The Morgan fingerprint density at radius 2 is 1.82 bits per heavy atom. The Morgan fingerprint density at radius 3 is 2.36 bits per heavy atom. The lowest BCUT2D eigenvalue weighted by Crippen LogP contribution is -3.13. The average molecular weight is 160 g/mol. The number of aliphatic hydroxyl groups is 2. The highest BCUT2D eigenvalue weighted by atomic mass is 16.3. The number of hydrogen-bond donors (Lipinski definition) is 3. The van der Waals surface area contributed by atoms with Gasteiger partial charge in [-0.2, -0.15) is 0 Å². The number of aliphatic hydroxyl groups excluding tert-OH is 2. The van der Waals surface area contributed by atoms with E-state index in [0.29, 0.717) is 0 Å². The Hall–Kier alpha value is -0.120. The molecular formula is C8H18NO2+. The molecule has 0 unspecified atom stereocenters. The molecule has 0 aromatic carbocycles. The highest BCUT2D eigenvalue weighted by Gasteiger charge is 2.16. The zero-order valence-electron chi connectivity index (χ0n) is 6.92. The van der Waals surface area contributed by atoms with E-state index in [1.54, 1.807) is 0 Å². The van der Waals surface area contributed by atoms with Gasteiger partial charge >= 0.3 is 0 Å². The van der Waals surface area contributed by atoms with Crippen LogP contribution in [0.25, 0.3) is 0 Å². The molecule has 3 N–H and O–H groups in total. The maximum absolute atomic E-state index is 9.14. The zero-order chi connectivity index (χ0) is 8.10. The molecular weight excluding hydrogens is 142 g/mol. The number of hydrogen-bond acceptors (Lipinski definition) is 2. The van der Waals surface area contributed by atoms with Gasteiger partial charge in [0.1, 0.15) is 12.6 Å².